The van der Waals surface area contributed by atoms with Crippen molar-refractivity contribution in [1.82, 2.24) is 0 Å². The zero-order valence-electron chi connectivity index (χ0n) is 11.3. The van der Waals surface area contributed by atoms with Gasteiger partial charge in [0.15, 0.2) is 5.57 Å². The fraction of sp³-hybridized carbons (Fsp3) is 0.667. The van der Waals surface area contributed by atoms with Gasteiger partial charge >= 0.3 is 11.9 Å². The van der Waals surface area contributed by atoms with Crippen LogP contribution in [0.5, 0.6) is 0 Å². The summed E-state index contributed by atoms with van der Waals surface area (Å²) in [6.07, 6.45) is -0.646. The molecule has 108 valence electrons. The summed E-state index contributed by atoms with van der Waals surface area (Å²) in [5, 5.41) is 9.48. The summed E-state index contributed by atoms with van der Waals surface area (Å²) in [6, 6.07) is 0. The number of hydrogen-bond acceptors (Lipinski definition) is 7. The van der Waals surface area contributed by atoms with Crippen LogP contribution in [0.4, 0.5) is 0 Å². The number of esters is 2. The maximum atomic E-state index is 12.0. The molecule has 1 aliphatic rings. The van der Waals surface area contributed by atoms with Crippen LogP contribution in [0.25, 0.3) is 0 Å². The van der Waals surface area contributed by atoms with E-state index in [4.69, 9.17) is 9.47 Å². The summed E-state index contributed by atoms with van der Waals surface area (Å²) in [5.41, 5.74) is -0.734. The summed E-state index contributed by atoms with van der Waals surface area (Å²) >= 11 is 2.34. The molecule has 0 spiro atoms. The molecule has 1 unspecified atom stereocenters. The molecule has 0 aliphatic carbocycles. The summed E-state index contributed by atoms with van der Waals surface area (Å²) in [6.45, 7) is 6.82. The van der Waals surface area contributed by atoms with E-state index in [2.05, 4.69) is 0 Å². The SMILES string of the molecule is CC(C)OC(=O)C(C(=O)OC(C)C)=C1SCC(O)S1. The van der Waals surface area contributed by atoms with Crippen molar-refractivity contribution in [2.45, 2.75) is 45.3 Å². The largest absolute Gasteiger partial charge is 0.459 e. The van der Waals surface area contributed by atoms with E-state index in [1.54, 1.807) is 27.7 Å². The molecule has 0 amide bonds. The first-order valence-corrected chi connectivity index (χ1v) is 7.81. The van der Waals surface area contributed by atoms with Gasteiger partial charge in [0.05, 0.1) is 16.4 Å². The molecule has 0 saturated carbocycles. The molecule has 5 nitrogen and oxygen atoms in total. The molecule has 1 heterocycles. The Morgan fingerprint density at radius 2 is 1.63 bits per heavy atom. The minimum Gasteiger partial charge on any atom is -0.459 e. The van der Waals surface area contributed by atoms with Gasteiger partial charge in [0.1, 0.15) is 5.44 Å². The van der Waals surface area contributed by atoms with Gasteiger partial charge in [-0.25, -0.2) is 9.59 Å². The Balaban J connectivity index is 2.97. The molecular formula is C12H18O5S2. The Morgan fingerprint density at radius 1 is 1.16 bits per heavy atom. The number of hydrogen-bond donors (Lipinski definition) is 1. The van der Waals surface area contributed by atoms with Crippen LogP contribution >= 0.6 is 23.5 Å². The van der Waals surface area contributed by atoms with E-state index < -0.39 is 17.4 Å². The number of rotatable bonds is 4. The Bertz CT molecular complexity index is 366. The number of aliphatic hydroxyl groups is 1. The molecule has 19 heavy (non-hydrogen) atoms. The van der Waals surface area contributed by atoms with Gasteiger partial charge in [-0.2, -0.15) is 0 Å². The van der Waals surface area contributed by atoms with Gasteiger partial charge in [-0.05, 0) is 27.7 Å². The van der Waals surface area contributed by atoms with Crippen LogP contribution in [0.3, 0.4) is 0 Å². The van der Waals surface area contributed by atoms with Gasteiger partial charge in [0.2, 0.25) is 0 Å². The molecule has 0 bridgehead atoms. The topological polar surface area (TPSA) is 72.8 Å². The highest BCUT2D eigenvalue weighted by Crippen LogP contribution is 2.43. The van der Waals surface area contributed by atoms with Gasteiger partial charge in [-0.3, -0.25) is 0 Å². The Morgan fingerprint density at radius 3 is 1.95 bits per heavy atom. The van der Waals surface area contributed by atoms with E-state index in [9.17, 15) is 14.7 Å². The summed E-state index contributed by atoms with van der Waals surface area (Å²) < 4.78 is 10.6. The number of carbonyl (C=O) groups is 2. The predicted octanol–water partition coefficient (Wildman–Crippen LogP) is 1.90. The molecule has 0 aromatic heterocycles. The van der Waals surface area contributed by atoms with Crippen molar-refractivity contribution in [3.8, 4) is 0 Å². The van der Waals surface area contributed by atoms with Crippen molar-refractivity contribution < 1.29 is 24.2 Å². The second kappa shape index (κ2) is 7.21. The first kappa shape index (κ1) is 16.4. The first-order chi connectivity index (χ1) is 8.81. The lowest BCUT2D eigenvalue weighted by molar-refractivity contribution is -0.150. The van der Waals surface area contributed by atoms with Crippen LogP contribution in [0.1, 0.15) is 27.7 Å². The molecule has 1 fully saturated rings. The highest BCUT2D eigenvalue weighted by atomic mass is 32.2. The third-order valence-corrected chi connectivity index (χ3v) is 4.56. The fourth-order valence-electron chi connectivity index (χ4n) is 1.27. The van der Waals surface area contributed by atoms with Crippen molar-refractivity contribution in [1.29, 1.82) is 0 Å². The molecule has 1 saturated heterocycles. The number of aliphatic hydroxyl groups excluding tert-OH is 1. The Labute approximate surface area is 121 Å². The minimum absolute atomic E-state index is 0.117. The molecule has 1 rings (SSSR count). The van der Waals surface area contributed by atoms with E-state index in [0.717, 1.165) is 11.8 Å². The molecule has 1 atom stereocenters. The first-order valence-electron chi connectivity index (χ1n) is 5.95. The van der Waals surface area contributed by atoms with Crippen LogP contribution in [0, 0.1) is 0 Å². The Hall–Kier alpha value is -0.660. The van der Waals surface area contributed by atoms with Crippen LogP contribution in [-0.4, -0.2) is 40.4 Å². The van der Waals surface area contributed by atoms with Crippen molar-refractivity contribution in [2.24, 2.45) is 0 Å². The third-order valence-electron chi connectivity index (χ3n) is 1.90. The number of ether oxygens (including phenoxy) is 2. The van der Waals surface area contributed by atoms with E-state index in [1.165, 1.54) is 11.8 Å². The van der Waals surface area contributed by atoms with Crippen LogP contribution in [0.2, 0.25) is 0 Å². The zero-order valence-corrected chi connectivity index (χ0v) is 13.0. The maximum absolute atomic E-state index is 12.0. The lowest BCUT2D eigenvalue weighted by atomic mass is 10.3. The fourth-order valence-corrected chi connectivity index (χ4v) is 3.69. The molecule has 0 aromatic carbocycles. The van der Waals surface area contributed by atoms with E-state index in [0.29, 0.717) is 9.99 Å². The van der Waals surface area contributed by atoms with Crippen LogP contribution < -0.4 is 0 Å². The second-order valence-electron chi connectivity index (χ2n) is 4.45. The number of carbonyl (C=O) groups excluding carboxylic acids is 2. The molecule has 0 aromatic rings. The summed E-state index contributed by atoms with van der Waals surface area (Å²) in [4.78, 5) is 24.0. The Kier molecular flexibility index (Phi) is 6.22. The zero-order chi connectivity index (χ0) is 14.6. The molecule has 1 N–H and O–H groups in total. The van der Waals surface area contributed by atoms with Crippen molar-refractivity contribution in [3.63, 3.8) is 0 Å². The molecule has 7 heteroatoms. The second-order valence-corrected chi connectivity index (χ2v) is 6.93. The van der Waals surface area contributed by atoms with Crippen molar-refractivity contribution in [2.75, 3.05) is 5.75 Å². The summed E-state index contributed by atoms with van der Waals surface area (Å²) in [7, 11) is 0. The summed E-state index contributed by atoms with van der Waals surface area (Å²) in [5.74, 6) is -0.970. The normalized spacial score (nSPS) is 18.9. The van der Waals surface area contributed by atoms with Gasteiger partial charge in [0.25, 0.3) is 0 Å². The lowest BCUT2D eigenvalue weighted by Crippen LogP contribution is -2.23. The van der Waals surface area contributed by atoms with Crippen LogP contribution in [-0.2, 0) is 19.1 Å². The smallest absolute Gasteiger partial charge is 0.347 e. The number of thioether (sulfide) groups is 2. The highest BCUT2D eigenvalue weighted by molar-refractivity contribution is 8.25. The lowest BCUT2D eigenvalue weighted by Gasteiger charge is -2.13. The van der Waals surface area contributed by atoms with Crippen molar-refractivity contribution >= 4 is 35.5 Å². The van der Waals surface area contributed by atoms with Gasteiger partial charge in [0, 0.05) is 5.75 Å². The molecule has 1 aliphatic heterocycles. The average molecular weight is 306 g/mol. The monoisotopic (exact) mass is 306 g/mol. The molecule has 0 radical (unpaired) electrons. The standard InChI is InChI=1S/C12H18O5S2/c1-6(2)16-10(14)9(11(15)17-7(3)4)12-18-5-8(13)19-12/h6-8,13H,5H2,1-4H3. The van der Waals surface area contributed by atoms with E-state index in [1.807, 2.05) is 0 Å². The van der Waals surface area contributed by atoms with Gasteiger partial charge in [-0.1, -0.05) is 11.8 Å². The van der Waals surface area contributed by atoms with Gasteiger partial charge in [-0.15, -0.1) is 11.8 Å². The van der Waals surface area contributed by atoms with Gasteiger partial charge < -0.3 is 14.6 Å². The highest BCUT2D eigenvalue weighted by Gasteiger charge is 2.32. The van der Waals surface area contributed by atoms with E-state index >= 15 is 0 Å². The van der Waals surface area contributed by atoms with Crippen LogP contribution in [0.15, 0.2) is 9.81 Å². The average Bonchev–Trinajstić information content (AvgIpc) is 2.62. The predicted molar refractivity (Wildman–Crippen MR) is 75.5 cm³/mol. The van der Waals surface area contributed by atoms with E-state index in [-0.39, 0.29) is 17.8 Å². The third kappa shape index (κ3) is 5.08. The quantitative estimate of drug-likeness (QED) is 0.368. The van der Waals surface area contributed by atoms with Crippen molar-refractivity contribution in [3.05, 3.63) is 9.81 Å². The molecular weight excluding hydrogens is 288 g/mol. The minimum atomic E-state index is -0.704. The maximum Gasteiger partial charge on any atom is 0.347 e.